The number of nitrogens with one attached hydrogen (secondary N) is 1. The molecule has 9 nitrogen and oxygen atoms in total. The van der Waals surface area contributed by atoms with Crippen molar-refractivity contribution in [3.05, 3.63) is 48.6 Å². The monoisotopic (exact) mass is 460 g/mol. The van der Waals surface area contributed by atoms with Crippen molar-refractivity contribution in [1.29, 1.82) is 0 Å². The molecule has 2 heterocycles. The minimum atomic E-state index is -1.10. The summed E-state index contributed by atoms with van der Waals surface area (Å²) >= 11 is 0. The predicted molar refractivity (Wildman–Crippen MR) is 121 cm³/mol. The Balaban J connectivity index is 1.53. The Hall–Kier alpha value is -3.40. The molecule has 0 spiro atoms. The van der Waals surface area contributed by atoms with Gasteiger partial charge in [0.05, 0.1) is 19.3 Å². The molecule has 1 saturated heterocycles. The van der Waals surface area contributed by atoms with E-state index in [1.54, 1.807) is 38.1 Å². The van der Waals surface area contributed by atoms with Crippen LogP contribution in [-0.2, 0) is 4.74 Å². The molecule has 1 aromatic carbocycles. The van der Waals surface area contributed by atoms with Gasteiger partial charge in [0, 0.05) is 24.7 Å². The van der Waals surface area contributed by atoms with Crippen molar-refractivity contribution in [3.63, 3.8) is 0 Å². The number of aromatic nitrogens is 2. The molecule has 1 fully saturated rings. The molecule has 33 heavy (non-hydrogen) atoms. The molecule has 0 saturated carbocycles. The molecule has 1 aromatic heterocycles. The van der Waals surface area contributed by atoms with Crippen LogP contribution >= 0.6 is 0 Å². The summed E-state index contributed by atoms with van der Waals surface area (Å²) in [4.78, 5) is 21.0. The van der Waals surface area contributed by atoms with Crippen LogP contribution in [0.4, 0.5) is 15.0 Å². The number of nitrogens with zero attached hydrogens (tertiary/aromatic N) is 3. The van der Waals surface area contributed by atoms with Crippen LogP contribution < -0.4 is 19.7 Å². The van der Waals surface area contributed by atoms with E-state index < -0.39 is 17.5 Å². The number of aliphatic hydroxyl groups is 1. The molecule has 3 rings (SSSR count). The molecule has 10 heteroatoms. The van der Waals surface area contributed by atoms with E-state index >= 15 is 0 Å². The number of anilines is 1. The Labute approximate surface area is 192 Å². The van der Waals surface area contributed by atoms with Gasteiger partial charge in [-0.3, -0.25) is 5.32 Å². The lowest BCUT2D eigenvalue weighted by molar-refractivity contribution is 0.0253. The molecule has 0 bridgehead atoms. The SMILES string of the molecule is C=C(NC(=O)OC)c1ccc(OCC2CCN(c3ncnc(OCC(C)(C)O)c3F)C2)cc1. The first-order valence-electron chi connectivity index (χ1n) is 10.5. The minimum absolute atomic E-state index is 0.0816. The second kappa shape index (κ2) is 10.5. The first-order chi connectivity index (χ1) is 15.7. The van der Waals surface area contributed by atoms with Crippen LogP contribution in [0.1, 0.15) is 25.8 Å². The van der Waals surface area contributed by atoms with E-state index in [4.69, 9.17) is 9.47 Å². The van der Waals surface area contributed by atoms with Crippen LogP contribution in [0.2, 0.25) is 0 Å². The lowest BCUT2D eigenvalue weighted by atomic mass is 10.1. The maximum absolute atomic E-state index is 14.8. The standard InChI is InChI=1S/C23H29FN4O5/c1-15(27-22(29)31-4)17-5-7-18(8-6-17)32-12-16-9-10-28(11-16)20-19(24)21(26-14-25-20)33-13-23(2,3)30/h5-8,14,16,30H,1,9-13H2,2-4H3,(H,27,29). The number of ether oxygens (including phenoxy) is 3. The third kappa shape index (κ3) is 6.79. The Kier molecular flexibility index (Phi) is 7.70. The van der Waals surface area contributed by atoms with E-state index in [1.165, 1.54) is 13.4 Å². The summed E-state index contributed by atoms with van der Waals surface area (Å²) in [7, 11) is 1.29. The molecular formula is C23H29FN4O5. The third-order valence-electron chi connectivity index (χ3n) is 5.01. The fourth-order valence-electron chi connectivity index (χ4n) is 3.28. The third-order valence-corrected chi connectivity index (χ3v) is 5.01. The Bertz CT molecular complexity index is 978. The van der Waals surface area contributed by atoms with Crippen molar-refractivity contribution in [1.82, 2.24) is 15.3 Å². The number of carbonyl (C=O) groups is 1. The summed E-state index contributed by atoms with van der Waals surface area (Å²) in [6.07, 6.45) is 1.50. The zero-order valence-corrected chi connectivity index (χ0v) is 19.0. The normalized spacial score (nSPS) is 15.8. The summed E-state index contributed by atoms with van der Waals surface area (Å²) in [6, 6.07) is 7.17. The van der Waals surface area contributed by atoms with Crippen molar-refractivity contribution < 1.29 is 28.5 Å². The van der Waals surface area contributed by atoms with Gasteiger partial charge < -0.3 is 24.2 Å². The average molecular weight is 461 g/mol. The van der Waals surface area contributed by atoms with Crippen molar-refractivity contribution in [2.75, 3.05) is 38.3 Å². The molecule has 2 N–H and O–H groups in total. The van der Waals surface area contributed by atoms with E-state index in [-0.39, 0.29) is 24.2 Å². The number of carbonyl (C=O) groups excluding carboxylic acids is 1. The van der Waals surface area contributed by atoms with Gasteiger partial charge in [0.2, 0.25) is 5.82 Å². The molecule has 1 unspecified atom stereocenters. The quantitative estimate of drug-likeness (QED) is 0.588. The zero-order valence-electron chi connectivity index (χ0n) is 19.0. The maximum Gasteiger partial charge on any atom is 0.411 e. The van der Waals surface area contributed by atoms with E-state index in [9.17, 15) is 14.3 Å². The molecule has 178 valence electrons. The van der Waals surface area contributed by atoms with Gasteiger partial charge >= 0.3 is 6.09 Å². The number of amides is 1. The van der Waals surface area contributed by atoms with Crippen LogP contribution in [0.15, 0.2) is 37.2 Å². The molecule has 1 atom stereocenters. The molecule has 1 amide bonds. The van der Waals surface area contributed by atoms with Crippen molar-refractivity contribution in [2.24, 2.45) is 5.92 Å². The molecule has 1 aliphatic rings. The summed E-state index contributed by atoms with van der Waals surface area (Å²) in [5, 5.41) is 12.3. The first kappa shape index (κ1) is 24.2. The van der Waals surface area contributed by atoms with Crippen LogP contribution in [0.25, 0.3) is 5.70 Å². The van der Waals surface area contributed by atoms with Gasteiger partial charge in [-0.25, -0.2) is 9.78 Å². The summed E-state index contributed by atoms with van der Waals surface area (Å²) in [6.45, 7) is 8.54. The van der Waals surface area contributed by atoms with Gasteiger partial charge in [-0.05, 0) is 50.1 Å². The van der Waals surface area contributed by atoms with Crippen LogP contribution in [-0.4, -0.2) is 60.2 Å². The van der Waals surface area contributed by atoms with E-state index in [2.05, 4.69) is 26.6 Å². The van der Waals surface area contributed by atoms with Gasteiger partial charge in [-0.1, -0.05) is 6.58 Å². The Morgan fingerprint density at radius 2 is 2.03 bits per heavy atom. The topological polar surface area (TPSA) is 106 Å². The number of benzene rings is 1. The van der Waals surface area contributed by atoms with E-state index in [0.717, 1.165) is 12.0 Å². The molecule has 2 aromatic rings. The minimum Gasteiger partial charge on any atom is -0.493 e. The first-order valence-corrected chi connectivity index (χ1v) is 10.5. The summed E-state index contributed by atoms with van der Waals surface area (Å²) in [5.74, 6) is 0.235. The lowest BCUT2D eigenvalue weighted by Gasteiger charge is -2.21. The van der Waals surface area contributed by atoms with Gasteiger partial charge in [-0.15, -0.1) is 0 Å². The number of rotatable bonds is 9. The summed E-state index contributed by atoms with van der Waals surface area (Å²) in [5.41, 5.74) is 0.0657. The van der Waals surface area contributed by atoms with Gasteiger partial charge in [-0.2, -0.15) is 9.37 Å². The number of hydrogen-bond acceptors (Lipinski definition) is 8. The zero-order chi connectivity index (χ0) is 24.0. The smallest absolute Gasteiger partial charge is 0.411 e. The summed E-state index contributed by atoms with van der Waals surface area (Å²) < 4.78 is 30.6. The second-order valence-electron chi connectivity index (χ2n) is 8.45. The highest BCUT2D eigenvalue weighted by Gasteiger charge is 2.28. The second-order valence-corrected chi connectivity index (χ2v) is 8.45. The molecule has 1 aliphatic heterocycles. The number of halogens is 1. The van der Waals surface area contributed by atoms with Crippen LogP contribution in [0.5, 0.6) is 11.6 Å². The van der Waals surface area contributed by atoms with Crippen LogP contribution in [0.3, 0.4) is 0 Å². The highest BCUT2D eigenvalue weighted by Crippen LogP contribution is 2.29. The lowest BCUT2D eigenvalue weighted by Crippen LogP contribution is -2.29. The van der Waals surface area contributed by atoms with Crippen molar-refractivity contribution >= 4 is 17.6 Å². The van der Waals surface area contributed by atoms with Gasteiger partial charge in [0.1, 0.15) is 18.7 Å². The predicted octanol–water partition coefficient (Wildman–Crippen LogP) is 3.00. The number of alkyl carbamates (subject to hydrolysis) is 1. The molecule has 0 aliphatic carbocycles. The van der Waals surface area contributed by atoms with Gasteiger partial charge in [0.25, 0.3) is 5.88 Å². The van der Waals surface area contributed by atoms with E-state index in [0.29, 0.717) is 31.1 Å². The Morgan fingerprint density at radius 1 is 1.30 bits per heavy atom. The number of hydrogen-bond donors (Lipinski definition) is 2. The highest BCUT2D eigenvalue weighted by molar-refractivity contribution is 5.80. The Morgan fingerprint density at radius 3 is 2.70 bits per heavy atom. The maximum atomic E-state index is 14.8. The van der Waals surface area contributed by atoms with Crippen molar-refractivity contribution in [2.45, 2.75) is 25.9 Å². The largest absolute Gasteiger partial charge is 0.493 e. The van der Waals surface area contributed by atoms with E-state index in [1.807, 2.05) is 4.90 Å². The molecular weight excluding hydrogens is 431 g/mol. The highest BCUT2D eigenvalue weighted by atomic mass is 19.1. The average Bonchev–Trinajstić information content (AvgIpc) is 3.25. The fourth-order valence-corrected chi connectivity index (χ4v) is 3.28. The fraction of sp³-hybridized carbons (Fsp3) is 0.435. The van der Waals surface area contributed by atoms with Gasteiger partial charge in [0.15, 0.2) is 5.82 Å². The molecule has 0 radical (unpaired) electrons. The van der Waals surface area contributed by atoms with Crippen LogP contribution in [0, 0.1) is 11.7 Å². The van der Waals surface area contributed by atoms with Crippen molar-refractivity contribution in [3.8, 4) is 11.6 Å². The number of methoxy groups -OCH3 is 1.